The molecule has 0 aromatic heterocycles. The Labute approximate surface area is 168 Å². The van der Waals surface area contributed by atoms with Crippen LogP contribution in [0.15, 0.2) is 12.1 Å². The van der Waals surface area contributed by atoms with Crippen molar-refractivity contribution in [3.8, 4) is 0 Å². The van der Waals surface area contributed by atoms with Gasteiger partial charge in [0.15, 0.2) is 0 Å². The smallest absolute Gasteiger partial charge is 0.346 e. The molecule has 0 amide bonds. The quantitative estimate of drug-likeness (QED) is 0.374. The molecule has 0 bridgehead atoms. The van der Waals surface area contributed by atoms with Crippen LogP contribution in [0.3, 0.4) is 0 Å². The van der Waals surface area contributed by atoms with Crippen molar-refractivity contribution in [1.29, 1.82) is 0 Å². The molecule has 1 rings (SSSR count). The van der Waals surface area contributed by atoms with E-state index in [1.807, 2.05) is 0 Å². The van der Waals surface area contributed by atoms with Crippen molar-refractivity contribution >= 4 is 47.8 Å². The Morgan fingerprint density at radius 1 is 0.433 bits per heavy atom. The monoisotopic (exact) mass is 422 g/mol. The maximum atomic E-state index is 12.2. The minimum absolute atomic E-state index is 0.587. The SMILES string of the molecule is CC(=O)OC(=O)c1cc(C(=O)OC(C)=O)c(C(=O)OC(C)=O)cc1C(=O)OC(C)=O. The molecule has 0 atom stereocenters. The van der Waals surface area contributed by atoms with Gasteiger partial charge < -0.3 is 18.9 Å². The molecule has 30 heavy (non-hydrogen) atoms. The van der Waals surface area contributed by atoms with Gasteiger partial charge in [0.05, 0.1) is 22.3 Å². The summed E-state index contributed by atoms with van der Waals surface area (Å²) in [6.45, 7) is 3.48. The third-order valence-corrected chi connectivity index (χ3v) is 2.98. The van der Waals surface area contributed by atoms with E-state index in [0.29, 0.717) is 12.1 Å². The lowest BCUT2D eigenvalue weighted by atomic mass is 9.98. The van der Waals surface area contributed by atoms with Crippen molar-refractivity contribution < 1.29 is 57.3 Å². The van der Waals surface area contributed by atoms with Crippen LogP contribution >= 0.6 is 0 Å². The normalized spacial score (nSPS) is 9.73. The number of hydrogen-bond acceptors (Lipinski definition) is 12. The molecule has 0 saturated carbocycles. The summed E-state index contributed by atoms with van der Waals surface area (Å²) >= 11 is 0. The number of carbonyl (C=O) groups excluding carboxylic acids is 8. The Bertz CT molecular complexity index is 831. The highest BCUT2D eigenvalue weighted by atomic mass is 16.6. The number of hydrogen-bond donors (Lipinski definition) is 0. The van der Waals surface area contributed by atoms with E-state index < -0.39 is 70.0 Å². The minimum atomic E-state index is -1.44. The van der Waals surface area contributed by atoms with Crippen molar-refractivity contribution in [2.45, 2.75) is 27.7 Å². The highest BCUT2D eigenvalue weighted by Gasteiger charge is 2.30. The van der Waals surface area contributed by atoms with Gasteiger partial charge in [0.25, 0.3) is 0 Å². The fourth-order valence-corrected chi connectivity index (χ4v) is 2.02. The molecule has 0 radical (unpaired) electrons. The molecule has 158 valence electrons. The molecule has 0 saturated heterocycles. The fourth-order valence-electron chi connectivity index (χ4n) is 2.02. The summed E-state index contributed by atoms with van der Waals surface area (Å²) in [5, 5.41) is 0. The maximum Gasteiger partial charge on any atom is 0.346 e. The van der Waals surface area contributed by atoms with Crippen LogP contribution in [-0.4, -0.2) is 47.8 Å². The zero-order valence-electron chi connectivity index (χ0n) is 16.1. The second kappa shape index (κ2) is 9.82. The van der Waals surface area contributed by atoms with Crippen LogP contribution in [-0.2, 0) is 38.1 Å². The lowest BCUT2D eigenvalue weighted by Gasteiger charge is -2.12. The molecule has 0 fully saturated rings. The van der Waals surface area contributed by atoms with Gasteiger partial charge in [-0.15, -0.1) is 0 Å². The first-order valence-corrected chi connectivity index (χ1v) is 7.92. The third-order valence-electron chi connectivity index (χ3n) is 2.98. The van der Waals surface area contributed by atoms with Crippen LogP contribution in [0, 0.1) is 0 Å². The Balaban J connectivity index is 3.79. The van der Waals surface area contributed by atoms with Crippen molar-refractivity contribution in [2.75, 3.05) is 0 Å². The first kappa shape index (κ1) is 23.8. The summed E-state index contributed by atoms with van der Waals surface area (Å²) < 4.78 is 17.4. The van der Waals surface area contributed by atoms with E-state index in [1.165, 1.54) is 0 Å². The predicted molar refractivity (Wildman–Crippen MR) is 90.8 cm³/mol. The highest BCUT2D eigenvalue weighted by Crippen LogP contribution is 2.22. The lowest BCUT2D eigenvalue weighted by Crippen LogP contribution is -2.23. The van der Waals surface area contributed by atoms with Crippen LogP contribution in [0.4, 0.5) is 0 Å². The predicted octanol–water partition coefficient (Wildman–Crippen LogP) is 0.500. The zero-order chi connectivity index (χ0) is 23.2. The van der Waals surface area contributed by atoms with Crippen molar-refractivity contribution in [2.24, 2.45) is 0 Å². The summed E-state index contributed by atoms with van der Waals surface area (Å²) in [4.78, 5) is 93.1. The minimum Gasteiger partial charge on any atom is -0.390 e. The molecule has 1 aromatic rings. The number of carbonyl (C=O) groups is 8. The summed E-state index contributed by atoms with van der Waals surface area (Å²) in [6, 6.07) is 1.17. The van der Waals surface area contributed by atoms with Gasteiger partial charge in [-0.1, -0.05) is 0 Å². The zero-order valence-corrected chi connectivity index (χ0v) is 16.1. The highest BCUT2D eigenvalue weighted by molar-refractivity contribution is 6.14. The molecule has 0 aliphatic carbocycles. The second-order valence-corrected chi connectivity index (χ2v) is 5.47. The lowest BCUT2D eigenvalue weighted by molar-refractivity contribution is -0.136. The van der Waals surface area contributed by atoms with Crippen LogP contribution in [0.25, 0.3) is 0 Å². The molecule has 1 aromatic carbocycles. The number of rotatable bonds is 4. The van der Waals surface area contributed by atoms with Gasteiger partial charge in [0.1, 0.15) is 0 Å². The van der Waals surface area contributed by atoms with E-state index in [9.17, 15) is 38.4 Å². The van der Waals surface area contributed by atoms with E-state index in [-0.39, 0.29) is 0 Å². The molecular weight excluding hydrogens is 408 g/mol. The van der Waals surface area contributed by atoms with Crippen molar-refractivity contribution in [3.63, 3.8) is 0 Å². The first-order valence-electron chi connectivity index (χ1n) is 7.92. The standard InChI is InChI=1S/C18H14O12/c1-7(19)27-15(23)11-5-13(17(25)29-9(3)21)14(18(26)30-10(4)22)6-12(11)16(24)28-8(2)20/h5-6H,1-4H3. The number of ether oxygens (including phenoxy) is 4. The summed E-state index contributed by atoms with van der Waals surface area (Å²) in [7, 11) is 0. The van der Waals surface area contributed by atoms with Crippen LogP contribution in [0.2, 0.25) is 0 Å². The van der Waals surface area contributed by atoms with Gasteiger partial charge in [-0.2, -0.15) is 0 Å². The Kier molecular flexibility index (Phi) is 7.79. The third kappa shape index (κ3) is 6.44. The fraction of sp³-hybridized carbons (Fsp3) is 0.222. The summed E-state index contributed by atoms with van der Waals surface area (Å²) in [5.74, 6) is -10.1. The van der Waals surface area contributed by atoms with E-state index in [1.54, 1.807) is 0 Å². The van der Waals surface area contributed by atoms with E-state index >= 15 is 0 Å². The number of benzene rings is 1. The average Bonchev–Trinajstić information content (AvgIpc) is 2.58. The van der Waals surface area contributed by atoms with Gasteiger partial charge in [-0.3, -0.25) is 19.2 Å². The first-order chi connectivity index (χ1) is 13.8. The van der Waals surface area contributed by atoms with Gasteiger partial charge in [-0.05, 0) is 12.1 Å². The van der Waals surface area contributed by atoms with Crippen LogP contribution in [0.5, 0.6) is 0 Å². The molecule has 12 heteroatoms. The topological polar surface area (TPSA) is 173 Å². The van der Waals surface area contributed by atoms with E-state index in [0.717, 1.165) is 27.7 Å². The average molecular weight is 422 g/mol. The molecule has 0 aliphatic heterocycles. The molecule has 0 heterocycles. The molecule has 0 aliphatic rings. The van der Waals surface area contributed by atoms with Crippen molar-refractivity contribution in [3.05, 3.63) is 34.4 Å². The molecule has 0 unspecified atom stereocenters. The van der Waals surface area contributed by atoms with Crippen molar-refractivity contribution in [1.82, 2.24) is 0 Å². The van der Waals surface area contributed by atoms with Crippen LogP contribution < -0.4 is 0 Å². The molecule has 0 N–H and O–H groups in total. The summed E-state index contributed by atoms with van der Waals surface area (Å²) in [6.07, 6.45) is 0. The van der Waals surface area contributed by atoms with Gasteiger partial charge in [-0.25, -0.2) is 19.2 Å². The second-order valence-electron chi connectivity index (χ2n) is 5.47. The van der Waals surface area contributed by atoms with Gasteiger partial charge in [0.2, 0.25) is 0 Å². The molecular formula is C18H14O12. The Morgan fingerprint density at radius 2 is 0.600 bits per heavy atom. The maximum absolute atomic E-state index is 12.2. The Hall–Kier alpha value is -4.22. The molecule has 12 nitrogen and oxygen atoms in total. The van der Waals surface area contributed by atoms with E-state index in [4.69, 9.17) is 0 Å². The van der Waals surface area contributed by atoms with Gasteiger partial charge in [0, 0.05) is 27.7 Å². The number of esters is 8. The summed E-state index contributed by atoms with van der Waals surface area (Å²) in [5.41, 5.74) is -3.09. The molecule has 0 spiro atoms. The van der Waals surface area contributed by atoms with Crippen LogP contribution in [0.1, 0.15) is 69.1 Å². The largest absolute Gasteiger partial charge is 0.390 e. The Morgan fingerprint density at radius 3 is 0.733 bits per heavy atom. The van der Waals surface area contributed by atoms with Gasteiger partial charge >= 0.3 is 47.8 Å². The van der Waals surface area contributed by atoms with E-state index in [2.05, 4.69) is 18.9 Å².